The van der Waals surface area contributed by atoms with E-state index in [1.165, 1.54) is 6.42 Å². The van der Waals surface area contributed by atoms with E-state index in [0.29, 0.717) is 17.8 Å². The van der Waals surface area contributed by atoms with Gasteiger partial charge in [0, 0.05) is 0 Å². The van der Waals surface area contributed by atoms with Crippen molar-refractivity contribution in [2.75, 3.05) is 0 Å². The average Bonchev–Trinajstić information content (AvgIpc) is 1.85. The summed E-state index contributed by atoms with van der Waals surface area (Å²) in [5.74, 6) is 1.67. The zero-order valence-corrected chi connectivity index (χ0v) is 7.84. The average molecular weight is 155 g/mol. The lowest BCUT2D eigenvalue weighted by molar-refractivity contribution is -0.0345. The quantitative estimate of drug-likeness (QED) is 0.555. The van der Waals surface area contributed by atoms with E-state index >= 15 is 0 Å². The van der Waals surface area contributed by atoms with Crippen LogP contribution in [-0.4, -0.2) is 6.10 Å². The summed E-state index contributed by atoms with van der Waals surface area (Å²) in [6, 6.07) is 0. The molecule has 11 heavy (non-hydrogen) atoms. The second-order valence-corrected chi connectivity index (χ2v) is 4.27. The van der Waals surface area contributed by atoms with E-state index in [2.05, 4.69) is 20.8 Å². The molecule has 65 valence electrons. The second kappa shape index (κ2) is 3.57. The minimum absolute atomic E-state index is 0.279. The van der Waals surface area contributed by atoms with Crippen molar-refractivity contribution in [3.8, 4) is 0 Å². The molecular formula is C10H19O. The maximum atomic E-state index is 11.5. The van der Waals surface area contributed by atoms with Crippen LogP contribution < -0.4 is 0 Å². The highest BCUT2D eigenvalue weighted by molar-refractivity contribution is 4.81. The van der Waals surface area contributed by atoms with Gasteiger partial charge in [-0.15, -0.1) is 0 Å². The normalized spacial score (nSPS) is 39.5. The van der Waals surface area contributed by atoms with Crippen LogP contribution in [-0.2, 0) is 5.11 Å². The van der Waals surface area contributed by atoms with Crippen molar-refractivity contribution >= 4 is 0 Å². The summed E-state index contributed by atoms with van der Waals surface area (Å²) in [7, 11) is 0. The molecule has 3 atom stereocenters. The van der Waals surface area contributed by atoms with E-state index in [-0.39, 0.29) is 6.10 Å². The van der Waals surface area contributed by atoms with Gasteiger partial charge in [0.1, 0.15) is 0 Å². The lowest BCUT2D eigenvalue weighted by atomic mass is 9.73. The third-order valence-corrected chi connectivity index (χ3v) is 3.00. The molecule has 0 spiro atoms. The van der Waals surface area contributed by atoms with Crippen molar-refractivity contribution in [3.05, 3.63) is 0 Å². The molecule has 0 amide bonds. The minimum Gasteiger partial charge on any atom is -0.233 e. The van der Waals surface area contributed by atoms with Crippen molar-refractivity contribution in [2.24, 2.45) is 17.8 Å². The third kappa shape index (κ3) is 1.96. The molecule has 1 nitrogen and oxygen atoms in total. The molecule has 0 N–H and O–H groups in total. The molecule has 1 fully saturated rings. The highest BCUT2D eigenvalue weighted by atomic mass is 16.3. The van der Waals surface area contributed by atoms with Gasteiger partial charge >= 0.3 is 0 Å². The number of rotatable bonds is 1. The summed E-state index contributed by atoms with van der Waals surface area (Å²) in [4.78, 5) is 0. The zero-order chi connectivity index (χ0) is 8.43. The van der Waals surface area contributed by atoms with E-state index < -0.39 is 0 Å². The lowest BCUT2D eigenvalue weighted by Crippen LogP contribution is -2.33. The standard InChI is InChI=1S/C10H19O/c1-7(2)10-8(3)5-4-6-9(10)11/h7-10H,4-6H2,1-3H3. The summed E-state index contributed by atoms with van der Waals surface area (Å²) in [6.45, 7) is 6.59. The van der Waals surface area contributed by atoms with Gasteiger partial charge in [-0.05, 0) is 24.2 Å². The zero-order valence-electron chi connectivity index (χ0n) is 7.84. The molecule has 1 rings (SSSR count). The highest BCUT2D eigenvalue weighted by Crippen LogP contribution is 2.35. The van der Waals surface area contributed by atoms with Gasteiger partial charge in [0.05, 0.1) is 6.10 Å². The summed E-state index contributed by atoms with van der Waals surface area (Å²) >= 11 is 0. The topological polar surface area (TPSA) is 19.9 Å². The fraction of sp³-hybridized carbons (Fsp3) is 1.00. The molecule has 1 heteroatoms. The van der Waals surface area contributed by atoms with E-state index in [0.717, 1.165) is 12.8 Å². The molecule has 0 aliphatic heterocycles. The lowest BCUT2D eigenvalue weighted by Gasteiger charge is -2.34. The number of hydrogen-bond acceptors (Lipinski definition) is 0. The van der Waals surface area contributed by atoms with Crippen LogP contribution >= 0.6 is 0 Å². The van der Waals surface area contributed by atoms with Crippen molar-refractivity contribution in [1.29, 1.82) is 0 Å². The fourth-order valence-electron chi connectivity index (χ4n) is 2.48. The predicted molar refractivity (Wildman–Crippen MR) is 45.8 cm³/mol. The smallest absolute Gasteiger partial charge is 0.0963 e. The Bertz CT molecular complexity index is 110. The van der Waals surface area contributed by atoms with Crippen molar-refractivity contribution in [2.45, 2.75) is 46.1 Å². The van der Waals surface area contributed by atoms with Crippen LogP contribution in [0.3, 0.4) is 0 Å². The molecule has 1 aliphatic rings. The van der Waals surface area contributed by atoms with Gasteiger partial charge in [-0.3, -0.25) is 0 Å². The molecular weight excluding hydrogens is 136 g/mol. The molecule has 0 aromatic carbocycles. The molecule has 0 heterocycles. The van der Waals surface area contributed by atoms with E-state index in [1.54, 1.807) is 0 Å². The van der Waals surface area contributed by atoms with Crippen molar-refractivity contribution in [1.82, 2.24) is 0 Å². The van der Waals surface area contributed by atoms with Gasteiger partial charge in [0.2, 0.25) is 0 Å². The van der Waals surface area contributed by atoms with Gasteiger partial charge in [0.25, 0.3) is 0 Å². The molecule has 1 aliphatic carbocycles. The van der Waals surface area contributed by atoms with Crippen LogP contribution in [0.2, 0.25) is 0 Å². The minimum atomic E-state index is -0.279. The van der Waals surface area contributed by atoms with Crippen LogP contribution in [0, 0.1) is 17.8 Å². The van der Waals surface area contributed by atoms with Crippen molar-refractivity contribution < 1.29 is 5.11 Å². The van der Waals surface area contributed by atoms with Gasteiger partial charge < -0.3 is 0 Å². The summed E-state index contributed by atoms with van der Waals surface area (Å²) in [5.41, 5.74) is 0. The molecule has 0 aromatic heterocycles. The Morgan fingerprint density at radius 3 is 2.27 bits per heavy atom. The van der Waals surface area contributed by atoms with Gasteiger partial charge in [-0.2, -0.15) is 0 Å². The number of hydrogen-bond donors (Lipinski definition) is 0. The highest BCUT2D eigenvalue weighted by Gasteiger charge is 2.32. The van der Waals surface area contributed by atoms with Crippen LogP contribution in [0.1, 0.15) is 40.0 Å². The van der Waals surface area contributed by atoms with E-state index in [4.69, 9.17) is 0 Å². The van der Waals surface area contributed by atoms with Crippen LogP contribution in [0.25, 0.3) is 0 Å². The first-order chi connectivity index (χ1) is 5.13. The largest absolute Gasteiger partial charge is 0.233 e. The van der Waals surface area contributed by atoms with Crippen LogP contribution in [0.15, 0.2) is 0 Å². The van der Waals surface area contributed by atoms with E-state index in [1.807, 2.05) is 0 Å². The van der Waals surface area contributed by atoms with Crippen molar-refractivity contribution in [3.63, 3.8) is 0 Å². The Morgan fingerprint density at radius 1 is 1.27 bits per heavy atom. The molecule has 0 saturated heterocycles. The molecule has 1 saturated carbocycles. The Kier molecular flexibility index (Phi) is 2.94. The Hall–Kier alpha value is -0.0400. The van der Waals surface area contributed by atoms with Crippen LogP contribution in [0.4, 0.5) is 0 Å². The predicted octanol–water partition coefficient (Wildman–Crippen LogP) is 2.88. The maximum Gasteiger partial charge on any atom is 0.0963 e. The summed E-state index contributed by atoms with van der Waals surface area (Å²) in [6.07, 6.45) is 3.05. The van der Waals surface area contributed by atoms with Gasteiger partial charge in [0.15, 0.2) is 0 Å². The first-order valence-corrected chi connectivity index (χ1v) is 4.78. The molecule has 3 unspecified atom stereocenters. The van der Waals surface area contributed by atoms with E-state index in [9.17, 15) is 5.11 Å². The Balaban J connectivity index is 2.55. The van der Waals surface area contributed by atoms with Crippen LogP contribution in [0.5, 0.6) is 0 Å². The Labute approximate surface area is 69.8 Å². The monoisotopic (exact) mass is 155 g/mol. The molecule has 0 bridgehead atoms. The summed E-state index contributed by atoms with van der Waals surface area (Å²) in [5, 5.41) is 11.5. The first-order valence-electron chi connectivity index (χ1n) is 4.78. The molecule has 0 aromatic rings. The second-order valence-electron chi connectivity index (χ2n) is 4.27. The first kappa shape index (κ1) is 9.05. The summed E-state index contributed by atoms with van der Waals surface area (Å²) < 4.78 is 0. The Morgan fingerprint density at radius 2 is 1.91 bits per heavy atom. The van der Waals surface area contributed by atoms with Gasteiger partial charge in [-0.1, -0.05) is 33.6 Å². The third-order valence-electron chi connectivity index (χ3n) is 3.00. The van der Waals surface area contributed by atoms with Gasteiger partial charge in [-0.25, -0.2) is 5.11 Å². The SMILES string of the molecule is CC(C)C1C(C)CCCC1[O]. The fourth-order valence-corrected chi connectivity index (χ4v) is 2.48. The maximum absolute atomic E-state index is 11.5. The molecule has 1 radical (unpaired) electrons.